The van der Waals surface area contributed by atoms with Gasteiger partial charge in [0.15, 0.2) is 0 Å². The van der Waals surface area contributed by atoms with Crippen LogP contribution < -0.4 is 0 Å². The zero-order valence-corrected chi connectivity index (χ0v) is 15.6. The second kappa shape index (κ2) is 8.17. The fourth-order valence-electron chi connectivity index (χ4n) is 2.84. The normalized spacial score (nSPS) is 12.1. The van der Waals surface area contributed by atoms with Crippen molar-refractivity contribution in [2.24, 2.45) is 0 Å². The molecule has 27 heavy (non-hydrogen) atoms. The number of hydrogen-bond donors (Lipinski definition) is 0. The summed E-state index contributed by atoms with van der Waals surface area (Å²) in [5.41, 5.74) is 0.892. The molecule has 7 heteroatoms. The van der Waals surface area contributed by atoms with Gasteiger partial charge >= 0.3 is 6.55 Å². The summed E-state index contributed by atoms with van der Waals surface area (Å²) in [4.78, 5) is -0.246. The van der Waals surface area contributed by atoms with E-state index in [0.29, 0.717) is 16.1 Å². The van der Waals surface area contributed by atoms with Crippen molar-refractivity contribution < 1.29 is 17.2 Å². The quantitative estimate of drug-likeness (QED) is 0.517. The van der Waals surface area contributed by atoms with Gasteiger partial charge in [-0.05, 0) is 35.4 Å². The minimum absolute atomic E-state index is 0.237. The van der Waals surface area contributed by atoms with Crippen LogP contribution in [0.25, 0.3) is 0 Å². The van der Waals surface area contributed by atoms with Crippen LogP contribution in [0.5, 0.6) is 0 Å². The third-order valence-corrected chi connectivity index (χ3v) is 6.11. The number of benzene rings is 3. The number of nitrogens with zero attached hydrogens (tertiary/aromatic N) is 1. The van der Waals surface area contributed by atoms with Gasteiger partial charge in [-0.3, -0.25) is 0 Å². The molecule has 140 valence electrons. The first-order chi connectivity index (χ1) is 12.9. The van der Waals surface area contributed by atoms with Gasteiger partial charge in [-0.1, -0.05) is 72.3 Å². The molecule has 0 aliphatic heterocycles. The molecule has 3 rings (SSSR count). The molecule has 0 aliphatic rings. The van der Waals surface area contributed by atoms with E-state index < -0.39 is 22.6 Å². The Balaban J connectivity index is 2.18. The molecule has 0 fully saturated rings. The van der Waals surface area contributed by atoms with E-state index in [1.807, 2.05) is 0 Å². The van der Waals surface area contributed by atoms with E-state index in [1.54, 1.807) is 60.7 Å². The molecule has 0 amide bonds. The van der Waals surface area contributed by atoms with E-state index >= 15 is 0 Å². The lowest BCUT2D eigenvalue weighted by Crippen LogP contribution is -2.39. The first-order valence-electron chi connectivity index (χ1n) is 8.08. The molecule has 0 spiro atoms. The summed E-state index contributed by atoms with van der Waals surface area (Å²) in [6, 6.07) is 20.7. The zero-order valence-electron chi connectivity index (χ0n) is 14.0. The Kier molecular flexibility index (Phi) is 5.89. The Hall–Kier alpha value is -2.28. The third kappa shape index (κ3) is 4.18. The highest BCUT2D eigenvalue weighted by atomic mass is 35.5. The van der Waals surface area contributed by atoms with Crippen molar-refractivity contribution in [3.63, 3.8) is 0 Å². The Labute approximate surface area is 161 Å². The summed E-state index contributed by atoms with van der Waals surface area (Å²) >= 11 is 5.80. The molecule has 0 saturated carbocycles. The lowest BCUT2D eigenvalue weighted by Gasteiger charge is -2.31. The second-order valence-electron chi connectivity index (χ2n) is 5.79. The molecule has 3 aromatic rings. The predicted octanol–water partition coefficient (Wildman–Crippen LogP) is 5.34. The molecule has 0 atom stereocenters. The maximum atomic E-state index is 14.1. The van der Waals surface area contributed by atoms with E-state index in [-0.39, 0.29) is 9.20 Å². The summed E-state index contributed by atoms with van der Waals surface area (Å²) in [5.74, 6) is 0. The van der Waals surface area contributed by atoms with Crippen molar-refractivity contribution >= 4 is 21.6 Å². The standard InChI is InChI=1S/C20H16ClF2NO2S/c21-17-11-13-18(14-12-17)27(25,26)24(20(22)23)19(15-7-3-1-4-8-15)16-9-5-2-6-10-16/h1-14,19-20H. The summed E-state index contributed by atoms with van der Waals surface area (Å²) in [7, 11) is -4.49. The zero-order chi connectivity index (χ0) is 19.4. The first kappa shape index (κ1) is 19.5. The van der Waals surface area contributed by atoms with Gasteiger partial charge in [0.2, 0.25) is 10.0 Å². The van der Waals surface area contributed by atoms with E-state index in [2.05, 4.69) is 0 Å². The molecule has 3 nitrogen and oxygen atoms in total. The van der Waals surface area contributed by atoms with Crippen LogP contribution in [0.4, 0.5) is 8.78 Å². The van der Waals surface area contributed by atoms with Crippen molar-refractivity contribution in [1.82, 2.24) is 4.31 Å². The second-order valence-corrected chi connectivity index (χ2v) is 8.07. The number of sulfonamides is 1. The van der Waals surface area contributed by atoms with Gasteiger partial charge in [0.25, 0.3) is 0 Å². The van der Waals surface area contributed by atoms with Gasteiger partial charge in [0.05, 0.1) is 10.9 Å². The highest BCUT2D eigenvalue weighted by molar-refractivity contribution is 7.89. The van der Waals surface area contributed by atoms with Crippen molar-refractivity contribution in [1.29, 1.82) is 0 Å². The van der Waals surface area contributed by atoms with E-state index in [0.717, 1.165) is 0 Å². The molecule has 0 aliphatic carbocycles. The Morgan fingerprint density at radius 2 is 1.19 bits per heavy atom. The van der Waals surface area contributed by atoms with Crippen molar-refractivity contribution in [2.75, 3.05) is 0 Å². The van der Waals surface area contributed by atoms with Crippen LogP contribution in [-0.2, 0) is 10.0 Å². The van der Waals surface area contributed by atoms with Crippen molar-refractivity contribution in [3.05, 3.63) is 101 Å². The first-order valence-corrected chi connectivity index (χ1v) is 9.90. The molecule has 0 unspecified atom stereocenters. The Morgan fingerprint density at radius 3 is 1.59 bits per heavy atom. The molecular weight excluding hydrogens is 392 g/mol. The monoisotopic (exact) mass is 407 g/mol. The van der Waals surface area contributed by atoms with Crippen molar-refractivity contribution in [3.8, 4) is 0 Å². The van der Waals surface area contributed by atoms with Crippen LogP contribution in [0.15, 0.2) is 89.8 Å². The van der Waals surface area contributed by atoms with Crippen LogP contribution in [0.2, 0.25) is 5.02 Å². The molecule has 0 heterocycles. The number of rotatable bonds is 6. The van der Waals surface area contributed by atoms with Gasteiger partial charge in [0, 0.05) is 5.02 Å². The maximum absolute atomic E-state index is 14.1. The van der Waals surface area contributed by atoms with Gasteiger partial charge in [-0.25, -0.2) is 8.42 Å². The number of hydrogen-bond acceptors (Lipinski definition) is 2. The lowest BCUT2D eigenvalue weighted by molar-refractivity contribution is 0.0153. The van der Waals surface area contributed by atoms with Gasteiger partial charge in [-0.2, -0.15) is 8.78 Å². The summed E-state index contributed by atoms with van der Waals surface area (Å²) in [5, 5.41) is 0.320. The molecule has 0 radical (unpaired) electrons. The van der Waals surface area contributed by atoms with Crippen molar-refractivity contribution in [2.45, 2.75) is 17.5 Å². The summed E-state index contributed by atoms with van der Waals surface area (Å²) in [6.45, 7) is -3.24. The SMILES string of the molecule is O=S(=O)(c1ccc(Cl)cc1)N(C(F)F)C(c1ccccc1)c1ccccc1. The molecular formula is C20H16ClF2NO2S. The predicted molar refractivity (Wildman–Crippen MR) is 101 cm³/mol. The van der Waals surface area contributed by atoms with Crippen LogP contribution in [0, 0.1) is 0 Å². The minimum Gasteiger partial charge on any atom is -0.207 e. The largest absolute Gasteiger partial charge is 0.308 e. The van der Waals surface area contributed by atoms with E-state index in [1.165, 1.54) is 24.3 Å². The smallest absolute Gasteiger partial charge is 0.207 e. The Morgan fingerprint density at radius 1 is 0.741 bits per heavy atom. The molecule has 3 aromatic carbocycles. The van der Waals surface area contributed by atoms with Crippen LogP contribution in [-0.4, -0.2) is 19.3 Å². The number of halogens is 3. The van der Waals surface area contributed by atoms with Crippen LogP contribution >= 0.6 is 11.6 Å². The molecule has 0 N–H and O–H groups in total. The van der Waals surface area contributed by atoms with Crippen LogP contribution in [0.3, 0.4) is 0 Å². The average Bonchev–Trinajstić information content (AvgIpc) is 2.67. The van der Waals surface area contributed by atoms with Gasteiger partial charge < -0.3 is 0 Å². The fraction of sp³-hybridized carbons (Fsp3) is 0.100. The minimum atomic E-state index is -4.49. The van der Waals surface area contributed by atoms with E-state index in [4.69, 9.17) is 11.6 Å². The average molecular weight is 408 g/mol. The molecule has 0 saturated heterocycles. The lowest BCUT2D eigenvalue weighted by atomic mass is 9.99. The Bertz CT molecular complexity index is 942. The maximum Gasteiger partial charge on any atom is 0.308 e. The summed E-state index contributed by atoms with van der Waals surface area (Å²) < 4.78 is 54.6. The molecule has 0 bridgehead atoms. The number of alkyl halides is 2. The molecule has 0 aromatic heterocycles. The fourth-order valence-corrected chi connectivity index (χ4v) is 4.42. The highest BCUT2D eigenvalue weighted by Crippen LogP contribution is 2.36. The van der Waals surface area contributed by atoms with Crippen LogP contribution in [0.1, 0.15) is 17.2 Å². The van der Waals surface area contributed by atoms with E-state index in [9.17, 15) is 17.2 Å². The third-order valence-electron chi connectivity index (χ3n) is 4.07. The summed E-state index contributed by atoms with van der Waals surface area (Å²) in [6.07, 6.45) is 0. The van der Waals surface area contributed by atoms with Gasteiger partial charge in [0.1, 0.15) is 0 Å². The highest BCUT2D eigenvalue weighted by Gasteiger charge is 2.39. The topological polar surface area (TPSA) is 37.4 Å². The van der Waals surface area contributed by atoms with Gasteiger partial charge in [-0.15, -0.1) is 4.31 Å².